The first-order valence-electron chi connectivity index (χ1n) is 5.93. The Hall–Kier alpha value is -0.870. The Morgan fingerprint density at radius 1 is 1.38 bits per heavy atom. The summed E-state index contributed by atoms with van der Waals surface area (Å²) in [7, 11) is 3.74. The number of unbranched alkanes of at least 4 members (excludes halogenated alkanes) is 1. The molecule has 0 amide bonds. The van der Waals surface area contributed by atoms with E-state index in [1.54, 1.807) is 7.11 Å². The van der Waals surface area contributed by atoms with Gasteiger partial charge >= 0.3 is 0 Å². The lowest BCUT2D eigenvalue weighted by molar-refractivity contribution is 0.199. The Balaban J connectivity index is 2.05. The average Bonchev–Trinajstić information content (AvgIpc) is 2.56. The number of rotatable bonds is 8. The highest BCUT2D eigenvalue weighted by atomic mass is 16.5. The molecule has 0 radical (unpaired) electrons. The van der Waals surface area contributed by atoms with E-state index in [0.717, 1.165) is 31.8 Å². The van der Waals surface area contributed by atoms with Crippen LogP contribution in [0.4, 0.5) is 0 Å². The van der Waals surface area contributed by atoms with Crippen molar-refractivity contribution in [2.24, 2.45) is 7.05 Å². The van der Waals surface area contributed by atoms with Crippen molar-refractivity contribution in [1.82, 2.24) is 15.1 Å². The molecule has 0 aromatic carbocycles. The van der Waals surface area contributed by atoms with Crippen molar-refractivity contribution in [1.29, 1.82) is 0 Å². The maximum absolute atomic E-state index is 4.96. The molecule has 4 heteroatoms. The summed E-state index contributed by atoms with van der Waals surface area (Å²) < 4.78 is 6.94. The lowest BCUT2D eigenvalue weighted by Crippen LogP contribution is -2.20. The highest BCUT2D eigenvalue weighted by molar-refractivity contribution is 5.08. The number of nitrogens with zero attached hydrogens (tertiary/aromatic N) is 2. The molecule has 1 aromatic heterocycles. The van der Waals surface area contributed by atoms with Gasteiger partial charge in [0.2, 0.25) is 0 Å². The monoisotopic (exact) mass is 225 g/mol. The maximum atomic E-state index is 4.96. The van der Waals surface area contributed by atoms with Crippen molar-refractivity contribution < 1.29 is 4.74 Å². The molecule has 0 fully saturated rings. The van der Waals surface area contributed by atoms with Gasteiger partial charge in [-0.25, -0.2) is 0 Å². The fourth-order valence-corrected chi connectivity index (χ4v) is 1.75. The molecule has 1 rings (SSSR count). The number of hydrogen-bond acceptors (Lipinski definition) is 3. The first-order valence-corrected chi connectivity index (χ1v) is 5.93. The molecular formula is C12H23N3O. The smallest absolute Gasteiger partial charge is 0.0596 e. The molecule has 1 N–H and O–H groups in total. The summed E-state index contributed by atoms with van der Waals surface area (Å²) >= 11 is 0. The minimum atomic E-state index is 0.793. The Bertz CT molecular complexity index is 296. The van der Waals surface area contributed by atoms with E-state index in [4.69, 9.17) is 4.74 Å². The van der Waals surface area contributed by atoms with Crippen molar-refractivity contribution in [3.63, 3.8) is 0 Å². The average molecular weight is 225 g/mol. The minimum absolute atomic E-state index is 0.793. The second kappa shape index (κ2) is 7.41. The van der Waals surface area contributed by atoms with Crippen LogP contribution in [0.2, 0.25) is 0 Å². The van der Waals surface area contributed by atoms with Crippen LogP contribution in [-0.2, 0) is 18.2 Å². The van der Waals surface area contributed by atoms with Gasteiger partial charge < -0.3 is 10.1 Å². The summed E-state index contributed by atoms with van der Waals surface area (Å²) in [5.74, 6) is 0. The second-order valence-electron chi connectivity index (χ2n) is 4.10. The minimum Gasteiger partial charge on any atom is -0.383 e. The van der Waals surface area contributed by atoms with Gasteiger partial charge in [0.1, 0.15) is 0 Å². The maximum Gasteiger partial charge on any atom is 0.0596 e. The van der Waals surface area contributed by atoms with Crippen LogP contribution in [-0.4, -0.2) is 36.6 Å². The van der Waals surface area contributed by atoms with Gasteiger partial charge in [-0.2, -0.15) is 5.10 Å². The van der Waals surface area contributed by atoms with Crippen molar-refractivity contribution in [2.45, 2.75) is 26.2 Å². The van der Waals surface area contributed by atoms with E-state index in [2.05, 4.69) is 16.5 Å². The van der Waals surface area contributed by atoms with Gasteiger partial charge in [-0.3, -0.25) is 4.68 Å². The first kappa shape index (κ1) is 13.2. The van der Waals surface area contributed by atoms with E-state index in [1.807, 2.05) is 18.7 Å². The van der Waals surface area contributed by atoms with E-state index < -0.39 is 0 Å². The third kappa shape index (κ3) is 4.77. The Labute approximate surface area is 98.0 Å². The van der Waals surface area contributed by atoms with Crippen molar-refractivity contribution in [3.05, 3.63) is 17.5 Å². The van der Waals surface area contributed by atoms with Crippen molar-refractivity contribution in [2.75, 3.05) is 26.8 Å². The molecule has 0 aliphatic rings. The topological polar surface area (TPSA) is 39.1 Å². The summed E-state index contributed by atoms with van der Waals surface area (Å²) in [5, 5.41) is 7.68. The highest BCUT2D eigenvalue weighted by Gasteiger charge is 2.00. The molecule has 0 atom stereocenters. The number of aromatic nitrogens is 2. The van der Waals surface area contributed by atoms with Crippen LogP contribution in [0.15, 0.2) is 6.07 Å². The zero-order valence-electron chi connectivity index (χ0n) is 10.6. The molecule has 0 saturated heterocycles. The number of nitrogens with one attached hydrogen (secondary N) is 1. The van der Waals surface area contributed by atoms with E-state index in [-0.39, 0.29) is 0 Å². The van der Waals surface area contributed by atoms with E-state index >= 15 is 0 Å². The zero-order chi connectivity index (χ0) is 11.8. The molecule has 0 aliphatic heterocycles. The predicted molar refractivity (Wildman–Crippen MR) is 65.6 cm³/mol. The van der Waals surface area contributed by atoms with Gasteiger partial charge in [-0.05, 0) is 38.8 Å². The van der Waals surface area contributed by atoms with E-state index in [1.165, 1.54) is 18.5 Å². The fraction of sp³-hybridized carbons (Fsp3) is 0.750. The Morgan fingerprint density at radius 2 is 2.19 bits per heavy atom. The third-order valence-electron chi connectivity index (χ3n) is 2.62. The molecule has 1 heterocycles. The summed E-state index contributed by atoms with van der Waals surface area (Å²) in [6, 6.07) is 2.17. The summed E-state index contributed by atoms with van der Waals surface area (Å²) in [6.07, 6.45) is 3.52. The van der Waals surface area contributed by atoms with E-state index in [0.29, 0.717) is 0 Å². The number of ether oxygens (including phenoxy) is 1. The molecule has 0 saturated carbocycles. The highest BCUT2D eigenvalue weighted by Crippen LogP contribution is 2.05. The largest absolute Gasteiger partial charge is 0.383 e. The quantitative estimate of drug-likeness (QED) is 0.678. The van der Waals surface area contributed by atoms with Crippen molar-refractivity contribution >= 4 is 0 Å². The van der Waals surface area contributed by atoms with Gasteiger partial charge in [-0.1, -0.05) is 0 Å². The van der Waals surface area contributed by atoms with Gasteiger partial charge in [0.05, 0.1) is 12.3 Å². The molecular weight excluding hydrogens is 202 g/mol. The molecule has 4 nitrogen and oxygen atoms in total. The Morgan fingerprint density at radius 3 is 2.81 bits per heavy atom. The van der Waals surface area contributed by atoms with Crippen LogP contribution in [0.3, 0.4) is 0 Å². The number of hydrogen-bond donors (Lipinski definition) is 1. The van der Waals surface area contributed by atoms with Crippen LogP contribution in [0, 0.1) is 6.92 Å². The molecule has 0 aliphatic carbocycles. The lowest BCUT2D eigenvalue weighted by Gasteiger charge is -2.04. The molecule has 16 heavy (non-hydrogen) atoms. The van der Waals surface area contributed by atoms with Crippen LogP contribution >= 0.6 is 0 Å². The standard InChI is InChI=1S/C12H23N3O/c1-11-10-12(15(2)14-11)6-4-5-7-13-8-9-16-3/h10,13H,4-9H2,1-3H3. The molecule has 0 spiro atoms. The molecule has 92 valence electrons. The SMILES string of the molecule is COCCNCCCCc1cc(C)nn1C. The lowest BCUT2D eigenvalue weighted by atomic mass is 10.2. The van der Waals surface area contributed by atoms with E-state index in [9.17, 15) is 0 Å². The van der Waals surface area contributed by atoms with Gasteiger partial charge in [0.25, 0.3) is 0 Å². The predicted octanol–water partition coefficient (Wildman–Crippen LogP) is 1.29. The van der Waals surface area contributed by atoms with Gasteiger partial charge in [0.15, 0.2) is 0 Å². The van der Waals surface area contributed by atoms with Crippen LogP contribution < -0.4 is 5.32 Å². The van der Waals surface area contributed by atoms with Crippen LogP contribution in [0.1, 0.15) is 24.2 Å². The first-order chi connectivity index (χ1) is 7.74. The fourth-order valence-electron chi connectivity index (χ4n) is 1.75. The van der Waals surface area contributed by atoms with Crippen molar-refractivity contribution in [3.8, 4) is 0 Å². The number of aryl methyl sites for hydroxylation is 3. The van der Waals surface area contributed by atoms with Gasteiger partial charge in [-0.15, -0.1) is 0 Å². The normalized spacial score (nSPS) is 10.9. The summed E-state index contributed by atoms with van der Waals surface area (Å²) in [6.45, 7) is 4.85. The summed E-state index contributed by atoms with van der Waals surface area (Å²) in [4.78, 5) is 0. The summed E-state index contributed by atoms with van der Waals surface area (Å²) in [5.41, 5.74) is 2.44. The molecule has 0 bridgehead atoms. The molecule has 0 unspecified atom stereocenters. The molecule has 1 aromatic rings. The van der Waals surface area contributed by atoms with Gasteiger partial charge in [0, 0.05) is 26.4 Å². The zero-order valence-corrected chi connectivity index (χ0v) is 10.6. The second-order valence-corrected chi connectivity index (χ2v) is 4.10. The third-order valence-corrected chi connectivity index (χ3v) is 2.62. The van der Waals surface area contributed by atoms with Crippen LogP contribution in [0.5, 0.6) is 0 Å². The Kier molecular flexibility index (Phi) is 6.11. The van der Waals surface area contributed by atoms with Crippen LogP contribution in [0.25, 0.3) is 0 Å². The number of methoxy groups -OCH3 is 1.